The number of benzene rings is 3. The topological polar surface area (TPSA) is 307 Å². The molecule has 1 aliphatic heterocycles. The quantitative estimate of drug-likeness (QED) is 0.0150. The first kappa shape index (κ1) is 72.9. The summed E-state index contributed by atoms with van der Waals surface area (Å²) in [6.07, 6.45) is 7.70. The number of ketones is 2. The van der Waals surface area contributed by atoms with Gasteiger partial charge in [-0.3, -0.25) is 48.1 Å². The lowest BCUT2D eigenvalue weighted by Gasteiger charge is -2.40. The zero-order valence-corrected chi connectivity index (χ0v) is 55.2. The summed E-state index contributed by atoms with van der Waals surface area (Å²) in [5.41, 5.74) is 6.32. The monoisotopic (exact) mass is 1260 g/mol. The number of nitrogens with one attached hydrogen (secondary N) is 5. The molecule has 0 saturated heterocycles. The number of imide groups is 1. The van der Waals surface area contributed by atoms with Crippen molar-refractivity contribution in [2.24, 2.45) is 28.9 Å². The Morgan fingerprint density at radius 1 is 0.767 bits per heavy atom. The molecule has 5 rings (SSSR count). The van der Waals surface area contributed by atoms with E-state index in [4.69, 9.17) is 10.5 Å². The highest BCUT2D eigenvalue weighted by Crippen LogP contribution is 2.51. The van der Waals surface area contributed by atoms with E-state index in [1.165, 1.54) is 36.1 Å². The average Bonchev–Trinajstić information content (AvgIpc) is 1.80. The second kappa shape index (κ2) is 32.2. The summed E-state index contributed by atoms with van der Waals surface area (Å²) in [4.78, 5) is 134. The van der Waals surface area contributed by atoms with Crippen LogP contribution in [0.25, 0.3) is 0 Å². The number of carbonyl (C=O) groups excluding carboxylic acids is 10. The molecule has 0 aromatic heterocycles. The van der Waals surface area contributed by atoms with Crippen LogP contribution in [0.4, 0.5) is 4.79 Å². The molecule has 1 saturated carbocycles. The smallest absolute Gasteiger partial charge is 0.312 e. The van der Waals surface area contributed by atoms with Crippen molar-refractivity contribution >= 4 is 69.0 Å². The summed E-state index contributed by atoms with van der Waals surface area (Å²) >= 11 is 0. The van der Waals surface area contributed by atoms with E-state index in [-0.39, 0.29) is 109 Å². The lowest BCUT2D eigenvalue weighted by atomic mass is 9.76. The van der Waals surface area contributed by atoms with E-state index >= 15 is 0 Å². The molecule has 8 amide bonds. The SMILES string of the molecule is CN[C@H](C(=O)N[C@H](C(=O)N(C)[C@H](/C=C(\C)C(=O)NS(=O)(=O)c1ccc(C2(CC(=O)OCc3ccc(CC(=O)[C@@H](CCCNC(N)=O)NC(=O)[C@H](CC(=O)CCCCCN4C(=O)C=CC4=O)C(C)C)cc3)CC2)cc1)C(C)C)C(C)(C)C)C(C)(C)c1ccccc1. The minimum Gasteiger partial charge on any atom is -0.461 e. The van der Waals surface area contributed by atoms with Crippen molar-refractivity contribution in [2.75, 3.05) is 27.2 Å². The van der Waals surface area contributed by atoms with Crippen LogP contribution >= 0.6 is 0 Å². The Bertz CT molecular complexity index is 3220. The maximum absolute atomic E-state index is 14.4. The van der Waals surface area contributed by atoms with Crippen molar-refractivity contribution in [1.29, 1.82) is 0 Å². The van der Waals surface area contributed by atoms with Crippen LogP contribution in [0.3, 0.4) is 0 Å². The number of hydrogen-bond acceptors (Lipinski definition) is 14. The van der Waals surface area contributed by atoms with Crippen molar-refractivity contribution in [1.82, 2.24) is 35.8 Å². The van der Waals surface area contributed by atoms with Crippen molar-refractivity contribution in [3.63, 3.8) is 0 Å². The molecule has 1 aliphatic carbocycles. The lowest BCUT2D eigenvalue weighted by molar-refractivity contribution is -0.146. The molecule has 22 heteroatoms. The van der Waals surface area contributed by atoms with Crippen LogP contribution < -0.4 is 31.7 Å². The molecular weight excluding hydrogens is 1170 g/mol. The van der Waals surface area contributed by atoms with Crippen LogP contribution in [0.5, 0.6) is 0 Å². The summed E-state index contributed by atoms with van der Waals surface area (Å²) in [7, 11) is -1.08. The largest absolute Gasteiger partial charge is 0.461 e. The van der Waals surface area contributed by atoms with E-state index in [1.807, 2.05) is 92.6 Å². The highest BCUT2D eigenvalue weighted by Gasteiger charge is 2.47. The first-order chi connectivity index (χ1) is 42.2. The number of nitrogens with two attached hydrogens (primary N) is 1. The maximum atomic E-state index is 14.4. The van der Waals surface area contributed by atoms with Gasteiger partial charge in [0.25, 0.3) is 27.7 Å². The second-order valence-electron chi connectivity index (χ2n) is 26.2. The third-order valence-corrected chi connectivity index (χ3v) is 18.4. The number of likely N-dealkylation sites (N-methyl/N-ethyl adjacent to an activating group) is 2. The van der Waals surface area contributed by atoms with Crippen LogP contribution in [0, 0.1) is 23.2 Å². The molecule has 90 heavy (non-hydrogen) atoms. The second-order valence-corrected chi connectivity index (χ2v) is 27.9. The van der Waals surface area contributed by atoms with Gasteiger partial charge in [0.2, 0.25) is 17.7 Å². The first-order valence-corrected chi connectivity index (χ1v) is 32.5. The van der Waals surface area contributed by atoms with Gasteiger partial charge in [-0.1, -0.05) is 142 Å². The van der Waals surface area contributed by atoms with Crippen LogP contribution in [0.15, 0.2) is 108 Å². The summed E-state index contributed by atoms with van der Waals surface area (Å²) in [5.74, 6) is -4.82. The molecule has 1 fully saturated rings. The van der Waals surface area contributed by atoms with Gasteiger partial charge in [0.1, 0.15) is 18.4 Å². The van der Waals surface area contributed by atoms with Gasteiger partial charge in [-0.25, -0.2) is 17.9 Å². The zero-order chi connectivity index (χ0) is 66.9. The number of sulfonamides is 1. The van der Waals surface area contributed by atoms with Gasteiger partial charge in [-0.05, 0) is 104 Å². The lowest BCUT2D eigenvalue weighted by Crippen LogP contribution is -2.61. The number of unbranched alkanes of at least 4 members (excludes halogenated alkanes) is 2. The Labute approximate surface area is 531 Å². The number of rotatable bonds is 35. The number of Topliss-reactive ketones (excluding diaryl/α,β-unsaturated/α-hetero) is 2. The molecule has 0 radical (unpaired) electrons. The fourth-order valence-corrected chi connectivity index (χ4v) is 12.2. The van der Waals surface area contributed by atoms with Gasteiger partial charge in [-0.15, -0.1) is 0 Å². The zero-order valence-electron chi connectivity index (χ0n) is 54.4. The van der Waals surface area contributed by atoms with Crippen molar-refractivity contribution in [3.8, 4) is 0 Å². The van der Waals surface area contributed by atoms with Gasteiger partial charge < -0.3 is 36.6 Å². The summed E-state index contributed by atoms with van der Waals surface area (Å²) in [6.45, 7) is 18.7. The van der Waals surface area contributed by atoms with E-state index in [9.17, 15) is 56.4 Å². The number of carbonyl (C=O) groups is 10. The number of ether oxygens (including phenoxy) is 1. The molecule has 21 nitrogen and oxygen atoms in total. The Hall–Kier alpha value is -7.85. The molecule has 0 bridgehead atoms. The average molecular weight is 1260 g/mol. The standard InChI is InChI=1S/C68H94N8O13S/c1-43(2)52(40-50(77)22-17-14-18-37-76-56(79)32-33-57(76)80)62(83)72-53(23-19-36-71-65(69)86)55(78)39-46-24-26-47(27-25-46)42-89-58(81)41-68(34-35-68)49-28-30-51(31-29-49)90(87,88)74-61(82)45(5)38-54(44(3)4)75(12)64(85)60(66(6,7)8)73-63(84)59(70-11)67(9,10)48-20-15-13-16-21-48/h13,15-16,20-21,24-33,38,43-44,52-54,59-60,70H,14,17-19,22-23,34-37,39-42H2,1-12H3,(H,72,83)(H,73,84)(H,74,82)(H3,69,71,86)/b45-38+/t52-,53-,54-,59-,60-/m1/s1. The molecule has 2 aliphatic rings. The molecule has 490 valence electrons. The van der Waals surface area contributed by atoms with Crippen molar-refractivity contribution in [2.45, 2.75) is 186 Å². The van der Waals surface area contributed by atoms with E-state index in [1.54, 1.807) is 56.6 Å². The Kier molecular flexibility index (Phi) is 26.1. The van der Waals surface area contributed by atoms with E-state index in [2.05, 4.69) is 26.0 Å². The fourth-order valence-electron chi connectivity index (χ4n) is 11.2. The number of nitrogens with zero attached hydrogens (tertiary/aromatic N) is 2. The number of esters is 1. The van der Waals surface area contributed by atoms with Gasteiger partial charge in [0.05, 0.1) is 29.4 Å². The summed E-state index contributed by atoms with van der Waals surface area (Å²) in [6, 6.07) is 18.6. The predicted molar refractivity (Wildman–Crippen MR) is 342 cm³/mol. The first-order valence-electron chi connectivity index (χ1n) is 31.0. The molecule has 3 aromatic rings. The van der Waals surface area contributed by atoms with Crippen LogP contribution in [0.2, 0.25) is 0 Å². The fraction of sp³-hybridized carbons (Fsp3) is 0.529. The number of amides is 8. The van der Waals surface area contributed by atoms with Gasteiger partial charge in [0, 0.05) is 73.9 Å². The minimum absolute atomic E-state index is 0.0272. The number of primary amides is 1. The Morgan fingerprint density at radius 3 is 1.93 bits per heavy atom. The van der Waals surface area contributed by atoms with E-state index in [0.717, 1.165) is 16.0 Å². The molecule has 7 N–H and O–H groups in total. The molecule has 5 atom stereocenters. The van der Waals surface area contributed by atoms with Gasteiger partial charge in [-0.2, -0.15) is 0 Å². The molecule has 0 unspecified atom stereocenters. The molecule has 3 aromatic carbocycles. The molecule has 0 spiro atoms. The minimum atomic E-state index is -4.38. The normalized spacial score (nSPS) is 15.8. The third kappa shape index (κ3) is 20.6. The highest BCUT2D eigenvalue weighted by molar-refractivity contribution is 7.90. The molecule has 1 heterocycles. The summed E-state index contributed by atoms with van der Waals surface area (Å²) < 4.78 is 35.2. The number of hydrogen-bond donors (Lipinski definition) is 6. The van der Waals surface area contributed by atoms with E-state index < -0.39 is 80.2 Å². The maximum Gasteiger partial charge on any atom is 0.312 e. The number of urea groups is 1. The summed E-state index contributed by atoms with van der Waals surface area (Å²) in [5, 5.41) is 11.5. The van der Waals surface area contributed by atoms with E-state index in [0.29, 0.717) is 49.7 Å². The Morgan fingerprint density at radius 2 is 1.38 bits per heavy atom. The Balaban J connectivity index is 1.13. The third-order valence-electron chi connectivity index (χ3n) is 17.1. The van der Waals surface area contributed by atoms with Crippen LogP contribution in [0.1, 0.15) is 156 Å². The van der Waals surface area contributed by atoms with Crippen LogP contribution in [-0.4, -0.2) is 129 Å². The predicted octanol–water partition coefficient (Wildman–Crippen LogP) is 6.94. The van der Waals surface area contributed by atoms with Crippen molar-refractivity contribution < 1.29 is 61.1 Å². The highest BCUT2D eigenvalue weighted by atomic mass is 32.2. The molecular formula is C68H94N8O13S. The van der Waals surface area contributed by atoms with Crippen LogP contribution in [-0.2, 0) is 81.8 Å². The van der Waals surface area contributed by atoms with Gasteiger partial charge >= 0.3 is 12.0 Å². The van der Waals surface area contributed by atoms with Gasteiger partial charge in [0.15, 0.2) is 5.78 Å². The van der Waals surface area contributed by atoms with Crippen molar-refractivity contribution in [3.05, 3.63) is 125 Å².